The Labute approximate surface area is 278 Å². The largest absolute Gasteiger partial charge is 0.373 e. The summed E-state index contributed by atoms with van der Waals surface area (Å²) in [6.45, 7) is 10.8. The van der Waals surface area contributed by atoms with E-state index in [9.17, 15) is 9.65 Å². The minimum Gasteiger partial charge on any atom is -0.373 e. The molecule has 4 N–H and O–H groups in total. The smallest absolute Gasteiger partial charge is 0.165 e. The molecule has 1 saturated heterocycles. The lowest BCUT2D eigenvalue weighted by atomic mass is 9.97. The zero-order chi connectivity index (χ0) is 32.6. The van der Waals surface area contributed by atoms with Gasteiger partial charge in [0, 0.05) is 65.6 Å². The summed E-state index contributed by atoms with van der Waals surface area (Å²) >= 11 is 12.8. The fourth-order valence-corrected chi connectivity index (χ4v) is 6.53. The standard InChI is InChI=1S/C34H36Cl2FN9/c1-20-24(7-6-12-39-20)33(29-19-46(44-43-29)23-10-13-45(14-11-23)34(2,3)4)41-22-15-25-31(42-28-9-5-8-26(35)30(28)37)21(17-38)18-40-32(25)27(36)16-22/h5-9,12,15-16,18-19,23,33,41,43-44H,10-11,13-14H2,1-4H3,(H,40,42)/t33-/m0/s1. The van der Waals surface area contributed by atoms with Crippen LogP contribution in [0.4, 0.5) is 21.5 Å². The quantitative estimate of drug-likeness (QED) is 0.160. The molecule has 1 fully saturated rings. The van der Waals surface area contributed by atoms with E-state index in [0.717, 1.165) is 42.9 Å². The lowest BCUT2D eigenvalue weighted by Crippen LogP contribution is -2.52. The molecule has 2 aromatic heterocycles. The number of hydrogen-bond donors (Lipinski definition) is 4. The highest BCUT2D eigenvalue weighted by Crippen LogP contribution is 2.38. The van der Waals surface area contributed by atoms with Gasteiger partial charge in [0.15, 0.2) is 5.82 Å². The molecule has 4 aromatic rings. The van der Waals surface area contributed by atoms with Gasteiger partial charge in [-0.15, -0.1) is 5.53 Å². The second kappa shape index (κ2) is 12.9. The van der Waals surface area contributed by atoms with Crippen LogP contribution in [0.2, 0.25) is 10.0 Å². The predicted molar refractivity (Wildman–Crippen MR) is 182 cm³/mol. The summed E-state index contributed by atoms with van der Waals surface area (Å²) in [5.74, 6) is -0.620. The van der Waals surface area contributed by atoms with Gasteiger partial charge in [-0.3, -0.25) is 19.9 Å². The van der Waals surface area contributed by atoms with E-state index >= 15 is 0 Å². The van der Waals surface area contributed by atoms with E-state index in [-0.39, 0.29) is 27.9 Å². The SMILES string of the molecule is Cc1ncccc1[C@H](Nc1cc(Cl)c2ncc(C#N)c(Nc3cccc(Cl)c3F)c2c1)C1=CN(C2CCN(C(C)(C)C)CC2)NN1. The van der Waals surface area contributed by atoms with Crippen LogP contribution in [0, 0.1) is 24.1 Å². The first-order valence-electron chi connectivity index (χ1n) is 15.2. The van der Waals surface area contributed by atoms with Gasteiger partial charge in [-0.2, -0.15) is 5.26 Å². The normalized spacial score (nSPS) is 16.6. The molecule has 2 aliphatic rings. The van der Waals surface area contributed by atoms with Crippen molar-refractivity contribution in [2.75, 3.05) is 23.7 Å². The maximum absolute atomic E-state index is 14.9. The molecule has 238 valence electrons. The Morgan fingerprint density at radius 1 is 1.09 bits per heavy atom. The first-order valence-corrected chi connectivity index (χ1v) is 16.0. The fourth-order valence-electron chi connectivity index (χ4n) is 6.09. The number of nitrogens with zero attached hydrogens (tertiary/aromatic N) is 5. The average molecular weight is 661 g/mol. The van der Waals surface area contributed by atoms with Crippen LogP contribution >= 0.6 is 23.2 Å². The Kier molecular flexibility index (Phi) is 8.95. The van der Waals surface area contributed by atoms with Crippen LogP contribution < -0.4 is 21.6 Å². The molecule has 1 atom stereocenters. The minimum absolute atomic E-state index is 0.0308. The highest BCUT2D eigenvalue weighted by Gasteiger charge is 2.32. The third-order valence-electron chi connectivity index (χ3n) is 8.65. The van der Waals surface area contributed by atoms with Crippen LogP contribution in [0.5, 0.6) is 0 Å². The van der Waals surface area contributed by atoms with E-state index in [4.69, 9.17) is 23.2 Å². The van der Waals surface area contributed by atoms with Gasteiger partial charge in [-0.25, -0.2) is 4.39 Å². The summed E-state index contributed by atoms with van der Waals surface area (Å²) in [6, 6.07) is 14.4. The van der Waals surface area contributed by atoms with Gasteiger partial charge in [0.05, 0.1) is 44.2 Å². The first-order chi connectivity index (χ1) is 22.0. The number of nitrogens with one attached hydrogen (secondary N) is 4. The van der Waals surface area contributed by atoms with Crippen LogP contribution in [-0.4, -0.2) is 44.5 Å². The van der Waals surface area contributed by atoms with Gasteiger partial charge < -0.3 is 16.1 Å². The van der Waals surface area contributed by atoms with Crippen LogP contribution in [0.25, 0.3) is 10.9 Å². The molecule has 0 unspecified atom stereocenters. The Morgan fingerprint density at radius 2 is 1.87 bits per heavy atom. The highest BCUT2D eigenvalue weighted by molar-refractivity contribution is 6.36. The Bertz CT molecular complexity index is 1840. The van der Waals surface area contributed by atoms with Crippen LogP contribution in [0.1, 0.15) is 56.5 Å². The number of rotatable bonds is 7. The fraction of sp³-hybridized carbons (Fsp3) is 0.324. The van der Waals surface area contributed by atoms with E-state index in [0.29, 0.717) is 33.3 Å². The molecule has 2 aromatic carbocycles. The van der Waals surface area contributed by atoms with Gasteiger partial charge in [0.1, 0.15) is 6.07 Å². The zero-order valence-corrected chi connectivity index (χ0v) is 27.6. The number of anilines is 3. The number of hydrogen-bond acceptors (Lipinski definition) is 9. The Morgan fingerprint density at radius 3 is 2.59 bits per heavy atom. The molecular weight excluding hydrogens is 624 g/mol. The molecule has 4 heterocycles. The van der Waals surface area contributed by atoms with Crippen LogP contribution in [0.15, 0.2) is 66.8 Å². The van der Waals surface area contributed by atoms with Crippen LogP contribution in [-0.2, 0) is 0 Å². The molecule has 0 spiro atoms. The molecule has 0 amide bonds. The number of piperidine rings is 1. The maximum atomic E-state index is 14.9. The Balaban J connectivity index is 1.36. The van der Waals surface area contributed by atoms with Gasteiger partial charge in [-0.1, -0.05) is 35.3 Å². The van der Waals surface area contributed by atoms with Crippen molar-refractivity contribution in [1.82, 2.24) is 30.8 Å². The molecule has 2 aliphatic heterocycles. The van der Waals surface area contributed by atoms with Crippen molar-refractivity contribution in [2.24, 2.45) is 0 Å². The summed E-state index contributed by atoms with van der Waals surface area (Å²) in [5, 5.41) is 19.7. The number of benzene rings is 2. The van der Waals surface area contributed by atoms with Gasteiger partial charge in [-0.05, 0) is 70.9 Å². The summed E-state index contributed by atoms with van der Waals surface area (Å²) in [4.78, 5) is 11.5. The van der Waals surface area contributed by atoms with Gasteiger partial charge in [0.25, 0.3) is 0 Å². The van der Waals surface area contributed by atoms with Crippen molar-refractivity contribution in [3.05, 3.63) is 99.4 Å². The van der Waals surface area contributed by atoms with Crippen molar-refractivity contribution < 1.29 is 4.39 Å². The molecule has 6 rings (SSSR count). The van der Waals surface area contributed by atoms with Gasteiger partial charge >= 0.3 is 0 Å². The van der Waals surface area contributed by atoms with E-state index in [1.807, 2.05) is 25.1 Å². The number of likely N-dealkylation sites (tertiary alicyclic amines) is 1. The second-order valence-electron chi connectivity index (χ2n) is 12.6. The monoisotopic (exact) mass is 659 g/mol. The molecule has 0 aliphatic carbocycles. The van der Waals surface area contributed by atoms with Crippen molar-refractivity contribution in [3.63, 3.8) is 0 Å². The maximum Gasteiger partial charge on any atom is 0.165 e. The van der Waals surface area contributed by atoms with E-state index in [1.165, 1.54) is 12.3 Å². The van der Waals surface area contributed by atoms with E-state index in [2.05, 4.69) is 74.5 Å². The molecule has 46 heavy (non-hydrogen) atoms. The van der Waals surface area contributed by atoms with Crippen LogP contribution in [0.3, 0.4) is 0 Å². The van der Waals surface area contributed by atoms with Crippen molar-refractivity contribution in [3.8, 4) is 6.07 Å². The molecule has 0 radical (unpaired) electrons. The number of hydrazine groups is 2. The third kappa shape index (κ3) is 6.42. The third-order valence-corrected chi connectivity index (χ3v) is 9.23. The summed E-state index contributed by atoms with van der Waals surface area (Å²) in [5.41, 5.74) is 11.6. The second-order valence-corrected chi connectivity index (χ2v) is 13.4. The minimum atomic E-state index is -0.620. The number of aryl methyl sites for hydroxylation is 1. The summed E-state index contributed by atoms with van der Waals surface area (Å²) in [7, 11) is 0. The number of fused-ring (bicyclic) bond motifs is 1. The topological polar surface area (TPSA) is 104 Å². The predicted octanol–water partition coefficient (Wildman–Crippen LogP) is 7.58. The zero-order valence-electron chi connectivity index (χ0n) is 26.1. The first kappa shape index (κ1) is 31.8. The highest BCUT2D eigenvalue weighted by atomic mass is 35.5. The van der Waals surface area contributed by atoms with Crippen molar-refractivity contribution in [1.29, 1.82) is 5.26 Å². The van der Waals surface area contributed by atoms with Crippen molar-refractivity contribution in [2.45, 2.75) is 58.2 Å². The Hall–Kier alpha value is -4.14. The lowest BCUT2D eigenvalue weighted by Gasteiger charge is -2.42. The molecular formula is C34H36Cl2FN9. The van der Waals surface area contributed by atoms with E-state index in [1.54, 1.807) is 24.4 Å². The molecule has 0 saturated carbocycles. The average Bonchev–Trinajstić information content (AvgIpc) is 3.53. The lowest BCUT2D eigenvalue weighted by molar-refractivity contribution is 0.0570. The number of aromatic nitrogens is 2. The van der Waals surface area contributed by atoms with E-state index < -0.39 is 5.82 Å². The van der Waals surface area contributed by atoms with Gasteiger partial charge in [0.2, 0.25) is 0 Å². The molecule has 0 bridgehead atoms. The molecule has 9 nitrogen and oxygen atoms in total. The van der Waals surface area contributed by atoms with Crippen molar-refractivity contribution >= 4 is 51.2 Å². The molecule has 12 heteroatoms. The summed E-state index contributed by atoms with van der Waals surface area (Å²) in [6.07, 6.45) is 7.39. The number of halogens is 3. The number of pyridine rings is 2. The number of nitriles is 1. The summed E-state index contributed by atoms with van der Waals surface area (Å²) < 4.78 is 14.9.